The number of nitrogens with zero attached hydrogens (tertiary/aromatic N) is 1. The van der Waals surface area contributed by atoms with Crippen LogP contribution in [0.15, 0.2) is 42.6 Å². The lowest BCUT2D eigenvalue weighted by Crippen LogP contribution is -2.37. The quantitative estimate of drug-likeness (QED) is 0.713. The van der Waals surface area contributed by atoms with Crippen molar-refractivity contribution in [3.8, 4) is 0 Å². The second-order valence-electron chi connectivity index (χ2n) is 6.02. The van der Waals surface area contributed by atoms with Gasteiger partial charge in [-0.2, -0.15) is 0 Å². The topological polar surface area (TPSA) is 19.0 Å². The Labute approximate surface area is 119 Å². The van der Waals surface area contributed by atoms with E-state index in [1.54, 1.807) is 5.57 Å². The summed E-state index contributed by atoms with van der Waals surface area (Å²) in [7, 11) is 0. The lowest BCUT2D eigenvalue weighted by molar-refractivity contribution is 0.237. The van der Waals surface area contributed by atoms with Gasteiger partial charge in [-0.3, -0.25) is 4.90 Å². The van der Waals surface area contributed by atoms with Crippen molar-refractivity contribution in [3.63, 3.8) is 0 Å². The van der Waals surface area contributed by atoms with E-state index in [1.807, 2.05) is 6.20 Å². The smallest absolute Gasteiger partial charge is 0.0460 e. The average molecular weight is 264 g/mol. The monoisotopic (exact) mass is 264 g/mol. The standard InChI is InChI=1S/C18H20N2/c1-3-13-10-20-7-5-16(13)12(2)17-9-18-14(4-6-19-18)8-15(17)11-20/h3-4,6,8-9,16,19H,2,5,7,10-11H2,1H3/b13-3+/t16-/m0/s1. The molecule has 4 heterocycles. The van der Waals surface area contributed by atoms with E-state index in [4.69, 9.17) is 0 Å². The fraction of sp³-hybridized carbons (Fsp3) is 0.333. The Morgan fingerprint density at radius 2 is 2.25 bits per heavy atom. The van der Waals surface area contributed by atoms with Crippen LogP contribution in [-0.4, -0.2) is 23.0 Å². The summed E-state index contributed by atoms with van der Waals surface area (Å²) in [6, 6.07) is 6.78. The highest BCUT2D eigenvalue weighted by Crippen LogP contribution is 2.40. The molecule has 20 heavy (non-hydrogen) atoms. The molecule has 2 nitrogen and oxygen atoms in total. The third-order valence-corrected chi connectivity index (χ3v) is 4.90. The van der Waals surface area contributed by atoms with E-state index in [-0.39, 0.29) is 0 Å². The second kappa shape index (κ2) is 4.35. The summed E-state index contributed by atoms with van der Waals surface area (Å²) in [5.41, 5.74) is 6.86. The van der Waals surface area contributed by atoms with Gasteiger partial charge >= 0.3 is 0 Å². The minimum atomic E-state index is 0.530. The maximum absolute atomic E-state index is 4.45. The number of piperidine rings is 1. The number of nitrogens with one attached hydrogen (secondary N) is 1. The van der Waals surface area contributed by atoms with Crippen molar-refractivity contribution >= 4 is 16.5 Å². The lowest BCUT2D eigenvalue weighted by atomic mass is 9.78. The maximum Gasteiger partial charge on any atom is 0.0460 e. The van der Waals surface area contributed by atoms with Crippen LogP contribution >= 0.6 is 0 Å². The molecule has 3 aliphatic rings. The molecule has 2 atom stereocenters. The molecule has 1 aromatic carbocycles. The fourth-order valence-electron chi connectivity index (χ4n) is 3.78. The van der Waals surface area contributed by atoms with Gasteiger partial charge < -0.3 is 4.98 Å². The summed E-state index contributed by atoms with van der Waals surface area (Å²) in [4.78, 5) is 5.89. The molecule has 0 amide bonds. The first-order chi connectivity index (χ1) is 9.76. The number of aromatic nitrogens is 1. The number of fused-ring (bicyclic) bond motifs is 3. The molecular formula is C18H20N2. The Morgan fingerprint density at radius 3 is 3.10 bits per heavy atom. The zero-order chi connectivity index (χ0) is 13.7. The van der Waals surface area contributed by atoms with Gasteiger partial charge in [0.2, 0.25) is 0 Å². The van der Waals surface area contributed by atoms with Crippen molar-refractivity contribution in [2.24, 2.45) is 5.92 Å². The van der Waals surface area contributed by atoms with Crippen molar-refractivity contribution in [1.82, 2.24) is 9.88 Å². The molecule has 1 unspecified atom stereocenters. The molecule has 1 N–H and O–H groups in total. The van der Waals surface area contributed by atoms with Crippen molar-refractivity contribution in [1.29, 1.82) is 0 Å². The molecule has 0 radical (unpaired) electrons. The largest absolute Gasteiger partial charge is 0.361 e. The first-order valence-electron chi connectivity index (χ1n) is 7.43. The highest BCUT2D eigenvalue weighted by Gasteiger charge is 2.30. The summed E-state index contributed by atoms with van der Waals surface area (Å²) in [5.74, 6) is 0.530. The Kier molecular flexibility index (Phi) is 2.61. The van der Waals surface area contributed by atoms with Crippen molar-refractivity contribution in [3.05, 3.63) is 53.8 Å². The van der Waals surface area contributed by atoms with E-state index in [2.05, 4.69) is 47.7 Å². The number of H-pyrrole nitrogens is 1. The van der Waals surface area contributed by atoms with E-state index in [9.17, 15) is 0 Å². The van der Waals surface area contributed by atoms with Gasteiger partial charge in [-0.15, -0.1) is 0 Å². The Balaban J connectivity index is 1.92. The number of hydrogen-bond acceptors (Lipinski definition) is 1. The molecule has 1 fully saturated rings. The predicted octanol–water partition coefficient (Wildman–Crippen LogP) is 3.96. The third-order valence-electron chi connectivity index (χ3n) is 4.90. The summed E-state index contributed by atoms with van der Waals surface area (Å²) in [6.45, 7) is 9.94. The first-order valence-corrected chi connectivity index (χ1v) is 7.43. The average Bonchev–Trinajstić information content (AvgIpc) is 2.91. The lowest BCUT2D eigenvalue weighted by Gasteiger charge is -2.39. The van der Waals surface area contributed by atoms with E-state index in [1.165, 1.54) is 40.6 Å². The van der Waals surface area contributed by atoms with Crippen LogP contribution in [0.25, 0.3) is 16.5 Å². The van der Waals surface area contributed by atoms with Crippen LogP contribution in [0.3, 0.4) is 0 Å². The van der Waals surface area contributed by atoms with Crippen LogP contribution in [0, 0.1) is 5.92 Å². The Hall–Kier alpha value is -1.80. The third kappa shape index (κ3) is 1.68. The molecule has 2 heteroatoms. The van der Waals surface area contributed by atoms with E-state index >= 15 is 0 Å². The van der Waals surface area contributed by atoms with Crippen LogP contribution in [-0.2, 0) is 6.54 Å². The minimum Gasteiger partial charge on any atom is -0.361 e. The van der Waals surface area contributed by atoms with Crippen LogP contribution in [0.4, 0.5) is 0 Å². The summed E-state index contributed by atoms with van der Waals surface area (Å²) in [5, 5.41) is 1.31. The van der Waals surface area contributed by atoms with E-state index in [0.717, 1.165) is 13.1 Å². The van der Waals surface area contributed by atoms with Gasteiger partial charge in [-0.05, 0) is 60.2 Å². The summed E-state index contributed by atoms with van der Waals surface area (Å²) in [6.07, 6.45) is 5.52. The normalized spacial score (nSPS) is 27.6. The molecule has 0 spiro atoms. The Bertz CT molecular complexity index is 720. The van der Waals surface area contributed by atoms with Gasteiger partial charge in [0.25, 0.3) is 0 Å². The zero-order valence-electron chi connectivity index (χ0n) is 11.9. The highest BCUT2D eigenvalue weighted by atomic mass is 15.1. The number of aromatic amines is 1. The molecule has 1 aromatic heterocycles. The molecule has 0 aliphatic carbocycles. The number of rotatable bonds is 0. The summed E-state index contributed by atoms with van der Waals surface area (Å²) >= 11 is 0. The van der Waals surface area contributed by atoms with Crippen LogP contribution < -0.4 is 0 Å². The van der Waals surface area contributed by atoms with Gasteiger partial charge in [-0.1, -0.05) is 18.2 Å². The molecule has 5 rings (SSSR count). The predicted molar refractivity (Wildman–Crippen MR) is 84.5 cm³/mol. The van der Waals surface area contributed by atoms with E-state index < -0.39 is 0 Å². The molecule has 0 saturated carbocycles. The number of allylic oxidation sites excluding steroid dienone is 2. The summed E-state index contributed by atoms with van der Waals surface area (Å²) < 4.78 is 0. The zero-order valence-corrected chi connectivity index (χ0v) is 11.9. The first kappa shape index (κ1) is 12.0. The van der Waals surface area contributed by atoms with Gasteiger partial charge in [0.1, 0.15) is 0 Å². The van der Waals surface area contributed by atoms with Crippen LogP contribution in [0.1, 0.15) is 24.5 Å². The number of hydrogen-bond donors (Lipinski definition) is 1. The maximum atomic E-state index is 4.45. The van der Waals surface area contributed by atoms with Crippen molar-refractivity contribution in [2.75, 3.05) is 13.1 Å². The van der Waals surface area contributed by atoms with E-state index in [0.29, 0.717) is 5.92 Å². The highest BCUT2D eigenvalue weighted by molar-refractivity contribution is 5.86. The van der Waals surface area contributed by atoms with Gasteiger partial charge in [-0.25, -0.2) is 0 Å². The molecule has 102 valence electrons. The van der Waals surface area contributed by atoms with Gasteiger partial charge in [0.05, 0.1) is 0 Å². The molecule has 2 aromatic rings. The van der Waals surface area contributed by atoms with Crippen LogP contribution in [0.5, 0.6) is 0 Å². The van der Waals surface area contributed by atoms with Gasteiger partial charge in [0.15, 0.2) is 0 Å². The fourth-order valence-corrected chi connectivity index (χ4v) is 3.78. The molecular weight excluding hydrogens is 244 g/mol. The Morgan fingerprint density at radius 1 is 1.35 bits per heavy atom. The second-order valence-corrected chi connectivity index (χ2v) is 6.02. The minimum absolute atomic E-state index is 0.530. The van der Waals surface area contributed by atoms with Crippen molar-refractivity contribution < 1.29 is 0 Å². The molecule has 1 saturated heterocycles. The molecule has 2 bridgehead atoms. The van der Waals surface area contributed by atoms with Gasteiger partial charge in [0, 0.05) is 30.7 Å². The number of benzene rings is 1. The molecule has 3 aliphatic heterocycles. The van der Waals surface area contributed by atoms with Crippen LogP contribution in [0.2, 0.25) is 0 Å². The van der Waals surface area contributed by atoms with Crippen molar-refractivity contribution in [2.45, 2.75) is 19.9 Å². The SMILES string of the molecule is C=C1c2cc3[nH]ccc3cc2CN2CC[C@@H]1/C(=C/C)C2.